The molecule has 0 saturated carbocycles. The molecule has 20 heavy (non-hydrogen) atoms. The maximum absolute atomic E-state index is 12.3. The van der Waals surface area contributed by atoms with Crippen LogP contribution in [0.4, 0.5) is 0 Å². The number of rotatable bonds is 3. The van der Waals surface area contributed by atoms with Crippen molar-refractivity contribution in [3.05, 3.63) is 23.7 Å². The van der Waals surface area contributed by atoms with Crippen molar-refractivity contribution in [3.63, 3.8) is 0 Å². The molecule has 0 spiro atoms. The quantitative estimate of drug-likeness (QED) is 0.814. The second-order valence-corrected chi connectivity index (χ2v) is 5.40. The number of nitrogens with zero attached hydrogens (tertiary/aromatic N) is 4. The number of hydrogen-bond donors (Lipinski definition) is 0. The van der Waals surface area contributed by atoms with Crippen LogP contribution in [0.25, 0.3) is 11.2 Å². The van der Waals surface area contributed by atoms with Crippen LogP contribution in [0.15, 0.2) is 12.3 Å². The van der Waals surface area contributed by atoms with Gasteiger partial charge in [0.25, 0.3) is 0 Å². The fraction of sp³-hybridized carbons (Fsp3) is 0.500. The van der Waals surface area contributed by atoms with Crippen LogP contribution in [0.5, 0.6) is 0 Å². The van der Waals surface area contributed by atoms with Crippen LogP contribution in [0.1, 0.15) is 24.2 Å². The van der Waals surface area contributed by atoms with E-state index in [1.165, 1.54) is 0 Å². The standard InChI is InChI=1S/C14H17ClN4O/c1-10-4-5-16-14-13(10)17-11(8-15)19(14)9-12(20)18-6-2-3-7-18/h4-5H,2-3,6-9H2,1H3. The summed E-state index contributed by atoms with van der Waals surface area (Å²) in [6.07, 6.45) is 3.93. The molecule has 1 amide bonds. The molecule has 0 bridgehead atoms. The fourth-order valence-electron chi connectivity index (χ4n) is 2.65. The van der Waals surface area contributed by atoms with Gasteiger partial charge in [0.05, 0.1) is 5.88 Å². The van der Waals surface area contributed by atoms with Crippen LogP contribution in [0.2, 0.25) is 0 Å². The van der Waals surface area contributed by atoms with Crippen LogP contribution >= 0.6 is 11.6 Å². The number of imidazole rings is 1. The van der Waals surface area contributed by atoms with Crippen LogP contribution < -0.4 is 0 Å². The molecule has 2 aromatic heterocycles. The van der Waals surface area contributed by atoms with Crippen LogP contribution in [-0.4, -0.2) is 38.4 Å². The summed E-state index contributed by atoms with van der Waals surface area (Å²) >= 11 is 5.96. The van der Waals surface area contributed by atoms with E-state index >= 15 is 0 Å². The first kappa shape index (κ1) is 13.4. The summed E-state index contributed by atoms with van der Waals surface area (Å²) in [5.41, 5.74) is 2.62. The number of alkyl halides is 1. The molecule has 0 unspecified atom stereocenters. The van der Waals surface area contributed by atoms with E-state index in [4.69, 9.17) is 11.6 Å². The molecule has 0 aromatic carbocycles. The first-order valence-corrected chi connectivity index (χ1v) is 7.38. The van der Waals surface area contributed by atoms with E-state index in [-0.39, 0.29) is 18.3 Å². The molecule has 5 nitrogen and oxygen atoms in total. The number of aryl methyl sites for hydroxylation is 1. The minimum absolute atomic E-state index is 0.122. The van der Waals surface area contributed by atoms with Crippen LogP contribution in [0.3, 0.4) is 0 Å². The number of pyridine rings is 1. The van der Waals surface area contributed by atoms with E-state index in [1.54, 1.807) is 6.20 Å². The predicted octanol–water partition coefficient (Wildman–Crippen LogP) is 2.10. The van der Waals surface area contributed by atoms with Gasteiger partial charge in [-0.25, -0.2) is 9.97 Å². The second-order valence-electron chi connectivity index (χ2n) is 5.14. The smallest absolute Gasteiger partial charge is 0.242 e. The number of carbonyl (C=O) groups excluding carboxylic acids is 1. The molecule has 0 N–H and O–H groups in total. The molecule has 0 aliphatic carbocycles. The molecule has 0 atom stereocenters. The fourth-order valence-corrected chi connectivity index (χ4v) is 2.86. The summed E-state index contributed by atoms with van der Waals surface area (Å²) in [6.45, 7) is 3.97. The number of amides is 1. The van der Waals surface area contributed by atoms with Gasteiger partial charge in [-0.05, 0) is 31.4 Å². The molecule has 0 radical (unpaired) electrons. The Morgan fingerprint density at radius 1 is 1.40 bits per heavy atom. The lowest BCUT2D eigenvalue weighted by Gasteiger charge is -2.16. The van der Waals surface area contributed by atoms with Crippen molar-refractivity contribution in [2.75, 3.05) is 13.1 Å². The monoisotopic (exact) mass is 292 g/mol. The van der Waals surface area contributed by atoms with E-state index in [1.807, 2.05) is 22.5 Å². The predicted molar refractivity (Wildman–Crippen MR) is 77.6 cm³/mol. The van der Waals surface area contributed by atoms with Gasteiger partial charge in [-0.1, -0.05) is 0 Å². The molecule has 1 saturated heterocycles. The Hall–Kier alpha value is -1.62. The summed E-state index contributed by atoms with van der Waals surface area (Å²) in [5, 5.41) is 0. The SMILES string of the molecule is Cc1ccnc2c1nc(CCl)n2CC(=O)N1CCCC1. The van der Waals surface area contributed by atoms with E-state index in [0.717, 1.165) is 42.7 Å². The minimum atomic E-state index is 0.122. The Bertz CT molecular complexity index is 646. The maximum atomic E-state index is 12.3. The lowest BCUT2D eigenvalue weighted by Crippen LogP contribution is -2.31. The first-order chi connectivity index (χ1) is 9.70. The minimum Gasteiger partial charge on any atom is -0.341 e. The van der Waals surface area contributed by atoms with Crippen LogP contribution in [-0.2, 0) is 17.2 Å². The second kappa shape index (κ2) is 5.40. The Kier molecular flexibility index (Phi) is 3.61. The normalized spacial score (nSPS) is 15.2. The van der Waals surface area contributed by atoms with Gasteiger partial charge < -0.3 is 9.47 Å². The van der Waals surface area contributed by atoms with Gasteiger partial charge >= 0.3 is 0 Å². The highest BCUT2D eigenvalue weighted by molar-refractivity contribution is 6.16. The van der Waals surface area contributed by atoms with Crippen molar-refractivity contribution in [2.45, 2.75) is 32.2 Å². The summed E-state index contributed by atoms with van der Waals surface area (Å²) in [5.74, 6) is 1.11. The summed E-state index contributed by atoms with van der Waals surface area (Å²) in [6, 6.07) is 1.92. The molecular formula is C14H17ClN4O. The van der Waals surface area contributed by atoms with Gasteiger partial charge in [-0.15, -0.1) is 11.6 Å². The topological polar surface area (TPSA) is 51.0 Å². The van der Waals surface area contributed by atoms with Crippen molar-refractivity contribution < 1.29 is 4.79 Å². The van der Waals surface area contributed by atoms with Crippen molar-refractivity contribution in [2.24, 2.45) is 0 Å². The largest absolute Gasteiger partial charge is 0.341 e. The van der Waals surface area contributed by atoms with Crippen molar-refractivity contribution in [1.82, 2.24) is 19.4 Å². The van der Waals surface area contributed by atoms with E-state index < -0.39 is 0 Å². The van der Waals surface area contributed by atoms with Gasteiger partial charge in [-0.3, -0.25) is 4.79 Å². The average Bonchev–Trinajstić information content (AvgIpc) is 3.07. The molecule has 1 aliphatic heterocycles. The third kappa shape index (κ3) is 2.26. The lowest BCUT2D eigenvalue weighted by molar-refractivity contribution is -0.130. The highest BCUT2D eigenvalue weighted by Crippen LogP contribution is 2.19. The summed E-state index contributed by atoms with van der Waals surface area (Å²) in [4.78, 5) is 23.1. The molecule has 3 heterocycles. The number of halogens is 1. The molecule has 3 rings (SSSR count). The summed E-state index contributed by atoms with van der Waals surface area (Å²) in [7, 11) is 0. The maximum Gasteiger partial charge on any atom is 0.242 e. The Morgan fingerprint density at radius 2 is 2.15 bits per heavy atom. The van der Waals surface area contributed by atoms with Gasteiger partial charge in [0, 0.05) is 19.3 Å². The Morgan fingerprint density at radius 3 is 2.85 bits per heavy atom. The third-order valence-corrected chi connectivity index (χ3v) is 4.03. The highest BCUT2D eigenvalue weighted by Gasteiger charge is 2.21. The van der Waals surface area contributed by atoms with Gasteiger partial charge in [-0.2, -0.15) is 0 Å². The Balaban J connectivity index is 1.97. The van der Waals surface area contributed by atoms with E-state index in [2.05, 4.69) is 9.97 Å². The number of likely N-dealkylation sites (tertiary alicyclic amines) is 1. The molecule has 106 valence electrons. The van der Waals surface area contributed by atoms with Gasteiger partial charge in [0.1, 0.15) is 17.9 Å². The number of carbonyl (C=O) groups is 1. The lowest BCUT2D eigenvalue weighted by atomic mass is 10.3. The zero-order chi connectivity index (χ0) is 14.1. The molecular weight excluding hydrogens is 276 g/mol. The van der Waals surface area contributed by atoms with Crippen molar-refractivity contribution in [3.8, 4) is 0 Å². The van der Waals surface area contributed by atoms with Crippen molar-refractivity contribution >= 4 is 28.7 Å². The van der Waals surface area contributed by atoms with Crippen molar-refractivity contribution in [1.29, 1.82) is 0 Å². The number of aromatic nitrogens is 3. The summed E-state index contributed by atoms with van der Waals surface area (Å²) < 4.78 is 1.84. The first-order valence-electron chi connectivity index (χ1n) is 6.85. The highest BCUT2D eigenvalue weighted by atomic mass is 35.5. The third-order valence-electron chi connectivity index (χ3n) is 3.79. The average molecular weight is 293 g/mol. The Labute approximate surface area is 122 Å². The van der Waals surface area contributed by atoms with E-state index in [0.29, 0.717) is 5.82 Å². The molecule has 6 heteroatoms. The van der Waals surface area contributed by atoms with E-state index in [9.17, 15) is 4.79 Å². The number of fused-ring (bicyclic) bond motifs is 1. The molecule has 2 aromatic rings. The zero-order valence-electron chi connectivity index (χ0n) is 11.5. The van der Waals surface area contributed by atoms with Gasteiger partial charge in [0.15, 0.2) is 5.65 Å². The molecule has 1 aliphatic rings. The molecule has 1 fully saturated rings. The number of hydrogen-bond acceptors (Lipinski definition) is 3. The zero-order valence-corrected chi connectivity index (χ0v) is 12.2. The van der Waals surface area contributed by atoms with Crippen LogP contribution in [0, 0.1) is 6.92 Å². The van der Waals surface area contributed by atoms with Gasteiger partial charge in [0.2, 0.25) is 5.91 Å².